The monoisotopic (exact) mass is 267 g/mol. The molecule has 0 unspecified atom stereocenters. The molecule has 0 amide bonds. The fourth-order valence-electron chi connectivity index (χ4n) is 1.90. The lowest BCUT2D eigenvalue weighted by atomic mass is 10.2. The average Bonchev–Trinajstić information content (AvgIpc) is 2.53. The molecule has 0 aliphatic heterocycles. The van der Waals surface area contributed by atoms with Crippen LogP contribution in [0.4, 0.5) is 11.6 Å². The largest absolute Gasteiger partial charge is 0.352 e. The summed E-state index contributed by atoms with van der Waals surface area (Å²) in [6, 6.07) is 12.1. The quantitative estimate of drug-likeness (QED) is 0.615. The molecule has 0 fully saturated rings. The van der Waals surface area contributed by atoms with Crippen molar-refractivity contribution < 1.29 is 0 Å². The van der Waals surface area contributed by atoms with Crippen LogP contribution in [0, 0.1) is 11.5 Å². The topological polar surface area (TPSA) is 56.0 Å². The van der Waals surface area contributed by atoms with Gasteiger partial charge in [0.15, 0.2) is 6.19 Å². The Morgan fingerprint density at radius 2 is 1.85 bits per heavy atom. The second-order valence-electron chi connectivity index (χ2n) is 4.39. The van der Waals surface area contributed by atoms with Crippen LogP contribution in [0.15, 0.2) is 42.7 Å². The van der Waals surface area contributed by atoms with E-state index in [1.54, 1.807) is 7.05 Å². The maximum absolute atomic E-state index is 8.91. The van der Waals surface area contributed by atoms with Gasteiger partial charge in [0.05, 0.1) is 0 Å². The smallest absolute Gasteiger partial charge is 0.185 e. The standard InChI is InChI=1S/C15H17N5/c1-3-20(10-13-7-5-4-6-8-13)15-9-14(17-12-18-15)19(2)11-16/h4-9,12H,3,10H2,1-2H3. The Bertz CT molecular complexity index is 591. The minimum Gasteiger partial charge on any atom is -0.352 e. The lowest BCUT2D eigenvalue weighted by Crippen LogP contribution is -2.23. The highest BCUT2D eigenvalue weighted by atomic mass is 15.2. The highest BCUT2D eigenvalue weighted by molar-refractivity contribution is 5.52. The Morgan fingerprint density at radius 1 is 1.15 bits per heavy atom. The van der Waals surface area contributed by atoms with Crippen LogP contribution in [0.5, 0.6) is 0 Å². The third kappa shape index (κ3) is 3.23. The number of benzene rings is 1. The number of hydrogen-bond acceptors (Lipinski definition) is 5. The zero-order valence-electron chi connectivity index (χ0n) is 11.7. The molecule has 0 spiro atoms. The van der Waals surface area contributed by atoms with Gasteiger partial charge >= 0.3 is 0 Å². The summed E-state index contributed by atoms with van der Waals surface area (Å²) in [7, 11) is 1.68. The van der Waals surface area contributed by atoms with Crippen molar-refractivity contribution in [1.29, 1.82) is 5.26 Å². The molecule has 1 aromatic carbocycles. The third-order valence-electron chi connectivity index (χ3n) is 3.05. The number of nitrogens with zero attached hydrogens (tertiary/aromatic N) is 5. The molecule has 2 rings (SSSR count). The van der Waals surface area contributed by atoms with Gasteiger partial charge in [0, 0.05) is 26.2 Å². The number of aromatic nitrogens is 2. The number of anilines is 2. The van der Waals surface area contributed by atoms with Crippen molar-refractivity contribution in [1.82, 2.24) is 9.97 Å². The molecule has 1 heterocycles. The molecule has 0 radical (unpaired) electrons. The Labute approximate surface area is 119 Å². The predicted molar refractivity (Wildman–Crippen MR) is 79.2 cm³/mol. The van der Waals surface area contributed by atoms with Gasteiger partial charge in [-0.25, -0.2) is 9.97 Å². The normalized spacial score (nSPS) is 9.85. The van der Waals surface area contributed by atoms with Crippen LogP contribution in [0.25, 0.3) is 0 Å². The maximum atomic E-state index is 8.91. The molecule has 0 N–H and O–H groups in total. The van der Waals surface area contributed by atoms with Crippen LogP contribution in [-0.2, 0) is 6.54 Å². The van der Waals surface area contributed by atoms with E-state index in [1.165, 1.54) is 16.8 Å². The van der Waals surface area contributed by atoms with Gasteiger partial charge in [-0.05, 0) is 12.5 Å². The lowest BCUT2D eigenvalue weighted by Gasteiger charge is -2.22. The Balaban J connectivity index is 2.22. The minimum absolute atomic E-state index is 0.601. The molecule has 5 nitrogen and oxygen atoms in total. The van der Waals surface area contributed by atoms with Gasteiger partial charge in [0.25, 0.3) is 0 Å². The lowest BCUT2D eigenvalue weighted by molar-refractivity contribution is 0.809. The maximum Gasteiger partial charge on any atom is 0.185 e. The molecule has 102 valence electrons. The first kappa shape index (κ1) is 13.8. The van der Waals surface area contributed by atoms with Crippen molar-refractivity contribution in [3.63, 3.8) is 0 Å². The average molecular weight is 267 g/mol. The van der Waals surface area contributed by atoms with Gasteiger partial charge in [-0.2, -0.15) is 5.26 Å². The first-order valence-corrected chi connectivity index (χ1v) is 6.49. The molecule has 0 bridgehead atoms. The van der Waals surface area contributed by atoms with Crippen LogP contribution >= 0.6 is 0 Å². The summed E-state index contributed by atoms with van der Waals surface area (Å²) in [5, 5.41) is 8.91. The van der Waals surface area contributed by atoms with Crippen molar-refractivity contribution in [3.05, 3.63) is 48.3 Å². The van der Waals surface area contributed by atoms with Gasteiger partial charge in [-0.1, -0.05) is 30.3 Å². The van der Waals surface area contributed by atoms with E-state index in [4.69, 9.17) is 5.26 Å². The SMILES string of the molecule is CCN(Cc1ccccc1)c1cc(N(C)C#N)ncn1. The summed E-state index contributed by atoms with van der Waals surface area (Å²) >= 11 is 0. The van der Waals surface area contributed by atoms with Crippen LogP contribution in [0.1, 0.15) is 12.5 Å². The van der Waals surface area contributed by atoms with Gasteiger partial charge in [0.2, 0.25) is 0 Å². The molecular weight excluding hydrogens is 250 g/mol. The van der Waals surface area contributed by atoms with E-state index < -0.39 is 0 Å². The zero-order valence-corrected chi connectivity index (χ0v) is 11.7. The zero-order chi connectivity index (χ0) is 14.4. The van der Waals surface area contributed by atoms with Gasteiger partial charge in [-0.15, -0.1) is 0 Å². The summed E-state index contributed by atoms with van der Waals surface area (Å²) in [6.07, 6.45) is 3.53. The summed E-state index contributed by atoms with van der Waals surface area (Å²) < 4.78 is 0. The van der Waals surface area contributed by atoms with E-state index in [0.29, 0.717) is 5.82 Å². The van der Waals surface area contributed by atoms with Crippen LogP contribution in [0.2, 0.25) is 0 Å². The van der Waals surface area contributed by atoms with Crippen LogP contribution < -0.4 is 9.80 Å². The minimum atomic E-state index is 0.601. The molecule has 2 aromatic rings. The van der Waals surface area contributed by atoms with E-state index >= 15 is 0 Å². The van der Waals surface area contributed by atoms with E-state index in [-0.39, 0.29) is 0 Å². The molecule has 0 aliphatic rings. The van der Waals surface area contributed by atoms with E-state index in [1.807, 2.05) is 30.5 Å². The van der Waals surface area contributed by atoms with Crippen molar-refractivity contribution in [2.24, 2.45) is 0 Å². The highest BCUT2D eigenvalue weighted by Gasteiger charge is 2.09. The van der Waals surface area contributed by atoms with E-state index in [2.05, 4.69) is 33.9 Å². The molecule has 0 saturated heterocycles. The first-order valence-electron chi connectivity index (χ1n) is 6.49. The second-order valence-corrected chi connectivity index (χ2v) is 4.39. The van der Waals surface area contributed by atoms with Crippen LogP contribution in [-0.4, -0.2) is 23.6 Å². The van der Waals surface area contributed by atoms with E-state index in [9.17, 15) is 0 Å². The molecule has 0 aliphatic carbocycles. The highest BCUT2D eigenvalue weighted by Crippen LogP contribution is 2.18. The van der Waals surface area contributed by atoms with Crippen molar-refractivity contribution in [2.75, 3.05) is 23.4 Å². The van der Waals surface area contributed by atoms with Gasteiger partial charge in [0.1, 0.15) is 18.0 Å². The molecule has 20 heavy (non-hydrogen) atoms. The summed E-state index contributed by atoms with van der Waals surface area (Å²) in [4.78, 5) is 12.0. The fraction of sp³-hybridized carbons (Fsp3) is 0.267. The van der Waals surface area contributed by atoms with Crippen molar-refractivity contribution in [3.8, 4) is 6.19 Å². The van der Waals surface area contributed by atoms with Gasteiger partial charge in [-0.3, -0.25) is 4.90 Å². The summed E-state index contributed by atoms with van der Waals surface area (Å²) in [5.41, 5.74) is 1.23. The first-order chi connectivity index (χ1) is 9.74. The molecular formula is C15H17N5. The summed E-state index contributed by atoms with van der Waals surface area (Å²) in [5.74, 6) is 1.42. The van der Waals surface area contributed by atoms with Gasteiger partial charge < -0.3 is 4.90 Å². The fourth-order valence-corrected chi connectivity index (χ4v) is 1.90. The summed E-state index contributed by atoms with van der Waals surface area (Å²) in [6.45, 7) is 3.70. The number of hydrogen-bond donors (Lipinski definition) is 0. The third-order valence-corrected chi connectivity index (χ3v) is 3.05. The Kier molecular flexibility index (Phi) is 4.51. The Hall–Kier alpha value is -2.61. The van der Waals surface area contributed by atoms with Crippen LogP contribution in [0.3, 0.4) is 0 Å². The molecule has 1 aromatic heterocycles. The molecule has 0 atom stereocenters. The van der Waals surface area contributed by atoms with Crippen molar-refractivity contribution in [2.45, 2.75) is 13.5 Å². The van der Waals surface area contributed by atoms with Crippen molar-refractivity contribution >= 4 is 11.6 Å². The Morgan fingerprint density at radius 3 is 2.50 bits per heavy atom. The predicted octanol–water partition coefficient (Wildman–Crippen LogP) is 2.42. The second kappa shape index (κ2) is 6.53. The number of rotatable bonds is 5. The van der Waals surface area contributed by atoms with E-state index in [0.717, 1.165) is 18.9 Å². The molecule has 5 heteroatoms. The molecule has 0 saturated carbocycles. The number of nitriles is 1.